The van der Waals surface area contributed by atoms with Crippen LogP contribution in [0.4, 0.5) is 0 Å². The van der Waals surface area contributed by atoms with Gasteiger partial charge in [-0.2, -0.15) is 0 Å². The summed E-state index contributed by atoms with van der Waals surface area (Å²) in [5.41, 5.74) is 1.77. The van der Waals surface area contributed by atoms with Gasteiger partial charge in [0.25, 0.3) is 0 Å². The van der Waals surface area contributed by atoms with E-state index >= 15 is 0 Å². The molecule has 1 N–H and O–H groups in total. The van der Waals surface area contributed by atoms with Gasteiger partial charge < -0.3 is 14.7 Å². The summed E-state index contributed by atoms with van der Waals surface area (Å²) in [7, 11) is 0. The number of carbonyl (C=O) groups is 2. The zero-order valence-corrected chi connectivity index (χ0v) is 13.2. The zero-order valence-electron chi connectivity index (χ0n) is 13.2. The van der Waals surface area contributed by atoms with Gasteiger partial charge in [-0.1, -0.05) is 24.3 Å². The van der Waals surface area contributed by atoms with Crippen LogP contribution in [0.15, 0.2) is 24.3 Å². The quantitative estimate of drug-likeness (QED) is 0.927. The van der Waals surface area contributed by atoms with Crippen LogP contribution in [-0.4, -0.2) is 41.1 Å². The lowest BCUT2D eigenvalue weighted by molar-refractivity contribution is -0.141. The van der Waals surface area contributed by atoms with Gasteiger partial charge in [-0.3, -0.25) is 9.59 Å². The van der Waals surface area contributed by atoms with Crippen LogP contribution in [-0.2, 0) is 20.9 Å². The SMILES string of the molecule is O=C(O)C1CN(C(=O)CCC2CCCCO2)Cc2ccccc21. The molecule has 0 saturated carbocycles. The summed E-state index contributed by atoms with van der Waals surface area (Å²) in [6, 6.07) is 7.51. The topological polar surface area (TPSA) is 66.8 Å². The first-order valence-corrected chi connectivity index (χ1v) is 8.35. The third kappa shape index (κ3) is 3.72. The van der Waals surface area contributed by atoms with Crippen molar-refractivity contribution in [1.82, 2.24) is 4.90 Å². The van der Waals surface area contributed by atoms with E-state index in [9.17, 15) is 14.7 Å². The second kappa shape index (κ2) is 7.13. The highest BCUT2D eigenvalue weighted by Crippen LogP contribution is 2.29. The summed E-state index contributed by atoms with van der Waals surface area (Å²) >= 11 is 0. The summed E-state index contributed by atoms with van der Waals surface area (Å²) < 4.78 is 5.67. The molecule has 1 amide bonds. The maximum atomic E-state index is 12.5. The first-order chi connectivity index (χ1) is 11.1. The molecule has 2 unspecified atom stereocenters. The van der Waals surface area contributed by atoms with E-state index in [-0.39, 0.29) is 18.6 Å². The fourth-order valence-electron chi connectivity index (χ4n) is 3.49. The molecule has 5 nitrogen and oxygen atoms in total. The zero-order chi connectivity index (χ0) is 16.2. The molecule has 1 aromatic rings. The molecule has 2 atom stereocenters. The Balaban J connectivity index is 1.64. The fourth-order valence-corrected chi connectivity index (χ4v) is 3.49. The summed E-state index contributed by atoms with van der Waals surface area (Å²) in [6.45, 7) is 1.55. The molecule has 2 heterocycles. The van der Waals surface area contributed by atoms with E-state index < -0.39 is 11.9 Å². The van der Waals surface area contributed by atoms with Crippen molar-refractivity contribution in [3.05, 3.63) is 35.4 Å². The molecular weight excluding hydrogens is 294 g/mol. The van der Waals surface area contributed by atoms with Gasteiger partial charge in [0.05, 0.1) is 12.0 Å². The number of carboxylic acids is 1. The third-order valence-corrected chi connectivity index (χ3v) is 4.80. The molecule has 1 fully saturated rings. The maximum Gasteiger partial charge on any atom is 0.312 e. The second-order valence-electron chi connectivity index (χ2n) is 6.39. The first kappa shape index (κ1) is 16.0. The number of carboxylic acid groups (broad SMARTS) is 1. The maximum absolute atomic E-state index is 12.5. The van der Waals surface area contributed by atoms with E-state index in [0.717, 1.165) is 43.4 Å². The molecule has 2 aliphatic rings. The van der Waals surface area contributed by atoms with Crippen LogP contribution < -0.4 is 0 Å². The Morgan fingerprint density at radius 3 is 2.83 bits per heavy atom. The van der Waals surface area contributed by atoms with Crippen molar-refractivity contribution in [2.24, 2.45) is 0 Å². The van der Waals surface area contributed by atoms with E-state index in [1.54, 1.807) is 4.90 Å². The number of carbonyl (C=O) groups excluding carboxylic acids is 1. The number of hydrogen-bond donors (Lipinski definition) is 1. The average Bonchev–Trinajstić information content (AvgIpc) is 2.59. The Morgan fingerprint density at radius 1 is 1.26 bits per heavy atom. The predicted molar refractivity (Wildman–Crippen MR) is 85.1 cm³/mol. The number of hydrogen-bond acceptors (Lipinski definition) is 3. The highest BCUT2D eigenvalue weighted by Gasteiger charge is 2.32. The van der Waals surface area contributed by atoms with Crippen LogP contribution in [0, 0.1) is 0 Å². The Morgan fingerprint density at radius 2 is 2.09 bits per heavy atom. The monoisotopic (exact) mass is 317 g/mol. The molecule has 124 valence electrons. The van der Waals surface area contributed by atoms with Crippen LogP contribution in [0.2, 0.25) is 0 Å². The lowest BCUT2D eigenvalue weighted by Crippen LogP contribution is -2.40. The molecule has 0 radical (unpaired) electrons. The number of fused-ring (bicyclic) bond motifs is 1. The van der Waals surface area contributed by atoms with Crippen LogP contribution in [0.5, 0.6) is 0 Å². The van der Waals surface area contributed by atoms with E-state index in [0.29, 0.717) is 13.0 Å². The minimum Gasteiger partial charge on any atom is -0.481 e. The molecule has 0 aliphatic carbocycles. The van der Waals surface area contributed by atoms with Crippen LogP contribution in [0.1, 0.15) is 49.1 Å². The number of rotatable bonds is 4. The molecule has 0 spiro atoms. The van der Waals surface area contributed by atoms with Crippen molar-refractivity contribution in [3.8, 4) is 0 Å². The molecule has 1 aromatic carbocycles. The van der Waals surface area contributed by atoms with Gasteiger partial charge in [-0.05, 0) is 36.8 Å². The van der Waals surface area contributed by atoms with E-state index in [4.69, 9.17) is 4.74 Å². The van der Waals surface area contributed by atoms with Crippen LogP contribution in [0.3, 0.4) is 0 Å². The molecular formula is C18H23NO4. The molecule has 23 heavy (non-hydrogen) atoms. The highest BCUT2D eigenvalue weighted by atomic mass is 16.5. The molecule has 2 aliphatic heterocycles. The van der Waals surface area contributed by atoms with Gasteiger partial charge in [-0.25, -0.2) is 0 Å². The predicted octanol–water partition coefficient (Wildman–Crippen LogP) is 2.55. The van der Waals surface area contributed by atoms with Crippen molar-refractivity contribution in [1.29, 1.82) is 0 Å². The van der Waals surface area contributed by atoms with Crippen LogP contribution >= 0.6 is 0 Å². The van der Waals surface area contributed by atoms with Gasteiger partial charge in [0.1, 0.15) is 0 Å². The minimum absolute atomic E-state index is 0.0277. The third-order valence-electron chi connectivity index (χ3n) is 4.80. The lowest BCUT2D eigenvalue weighted by Gasteiger charge is -2.33. The highest BCUT2D eigenvalue weighted by molar-refractivity contribution is 5.81. The largest absolute Gasteiger partial charge is 0.481 e. The molecule has 0 bridgehead atoms. The van der Waals surface area contributed by atoms with E-state index in [1.807, 2.05) is 24.3 Å². The van der Waals surface area contributed by atoms with Gasteiger partial charge >= 0.3 is 5.97 Å². The Kier molecular flexibility index (Phi) is 4.96. The summed E-state index contributed by atoms with van der Waals surface area (Å²) in [5.74, 6) is -1.47. The number of nitrogens with zero attached hydrogens (tertiary/aromatic N) is 1. The number of aliphatic carboxylic acids is 1. The smallest absolute Gasteiger partial charge is 0.312 e. The summed E-state index contributed by atoms with van der Waals surface area (Å²) in [4.78, 5) is 25.7. The Labute approximate surface area is 136 Å². The van der Waals surface area contributed by atoms with E-state index in [1.165, 1.54) is 0 Å². The standard InChI is InChI=1S/C18H23NO4/c20-17(9-8-14-6-3-4-10-23-14)19-11-13-5-1-2-7-15(13)16(12-19)18(21)22/h1-2,5,7,14,16H,3-4,6,8-12H2,(H,21,22). The van der Waals surface area contributed by atoms with Gasteiger partial charge in [-0.15, -0.1) is 0 Å². The molecule has 1 saturated heterocycles. The van der Waals surface area contributed by atoms with Gasteiger partial charge in [0.15, 0.2) is 0 Å². The molecule has 5 heteroatoms. The van der Waals surface area contributed by atoms with Gasteiger partial charge in [0, 0.05) is 26.1 Å². The summed E-state index contributed by atoms with van der Waals surface area (Å²) in [6.07, 6.45) is 4.63. The molecule has 0 aromatic heterocycles. The van der Waals surface area contributed by atoms with Crippen LogP contribution in [0.25, 0.3) is 0 Å². The van der Waals surface area contributed by atoms with Crippen molar-refractivity contribution < 1.29 is 19.4 Å². The van der Waals surface area contributed by atoms with Crippen molar-refractivity contribution in [2.75, 3.05) is 13.2 Å². The second-order valence-corrected chi connectivity index (χ2v) is 6.39. The minimum atomic E-state index is -0.870. The normalized spacial score (nSPS) is 24.1. The number of ether oxygens (including phenoxy) is 1. The fraction of sp³-hybridized carbons (Fsp3) is 0.556. The summed E-state index contributed by atoms with van der Waals surface area (Å²) in [5, 5.41) is 9.46. The van der Waals surface area contributed by atoms with E-state index in [2.05, 4.69) is 0 Å². The number of amides is 1. The lowest BCUT2D eigenvalue weighted by atomic mass is 9.89. The Hall–Kier alpha value is -1.88. The Bertz CT molecular complexity index is 580. The van der Waals surface area contributed by atoms with Crippen molar-refractivity contribution >= 4 is 11.9 Å². The van der Waals surface area contributed by atoms with Crippen molar-refractivity contribution in [3.63, 3.8) is 0 Å². The van der Waals surface area contributed by atoms with Gasteiger partial charge in [0.2, 0.25) is 5.91 Å². The molecule has 3 rings (SSSR count). The van der Waals surface area contributed by atoms with Crippen molar-refractivity contribution in [2.45, 2.75) is 50.7 Å². The number of benzene rings is 1. The average molecular weight is 317 g/mol. The first-order valence-electron chi connectivity index (χ1n) is 8.35.